The number of halogens is 1. The topological polar surface area (TPSA) is 12.0 Å². The molecule has 0 spiro atoms. The Bertz CT molecular complexity index is 364. The van der Waals surface area contributed by atoms with Gasteiger partial charge in [0.1, 0.15) is 5.82 Å². The summed E-state index contributed by atoms with van der Waals surface area (Å²) in [6.45, 7) is 2.31. The minimum Gasteiger partial charge on any atom is -0.313 e. The van der Waals surface area contributed by atoms with E-state index in [1.54, 1.807) is 12.1 Å². The first-order valence-electron chi connectivity index (χ1n) is 6.64. The van der Waals surface area contributed by atoms with Gasteiger partial charge in [-0.3, -0.25) is 0 Å². The smallest absolute Gasteiger partial charge is 0.127 e. The van der Waals surface area contributed by atoms with Gasteiger partial charge in [0.15, 0.2) is 0 Å². The number of rotatable bonds is 3. The van der Waals surface area contributed by atoms with Crippen molar-refractivity contribution in [2.75, 3.05) is 7.05 Å². The van der Waals surface area contributed by atoms with Crippen molar-refractivity contribution in [3.05, 3.63) is 35.6 Å². The van der Waals surface area contributed by atoms with Crippen LogP contribution in [0.3, 0.4) is 0 Å². The second-order valence-corrected chi connectivity index (χ2v) is 5.32. The van der Waals surface area contributed by atoms with Crippen LogP contribution < -0.4 is 5.32 Å². The molecule has 1 saturated carbocycles. The summed E-state index contributed by atoms with van der Waals surface area (Å²) in [6.07, 6.45) is 5.02. The van der Waals surface area contributed by atoms with Crippen LogP contribution in [0, 0.1) is 17.7 Å². The Hall–Kier alpha value is -0.890. The average molecular weight is 235 g/mol. The molecule has 2 heteroatoms. The average Bonchev–Trinajstić information content (AvgIpc) is 2.33. The second-order valence-electron chi connectivity index (χ2n) is 5.32. The van der Waals surface area contributed by atoms with Crippen LogP contribution >= 0.6 is 0 Å². The standard InChI is InChI=1S/C15H22FN/c1-11-6-5-7-12(10-11)15(17-2)13-8-3-4-9-14(13)16/h3-4,8-9,11-12,15,17H,5-7,10H2,1-2H3. The molecule has 2 rings (SSSR count). The lowest BCUT2D eigenvalue weighted by Gasteiger charge is -2.33. The molecule has 0 saturated heterocycles. The maximum Gasteiger partial charge on any atom is 0.127 e. The number of hydrogen-bond acceptors (Lipinski definition) is 1. The van der Waals surface area contributed by atoms with Crippen molar-refractivity contribution in [2.45, 2.75) is 38.6 Å². The fraction of sp³-hybridized carbons (Fsp3) is 0.600. The number of nitrogens with one attached hydrogen (secondary N) is 1. The summed E-state index contributed by atoms with van der Waals surface area (Å²) in [7, 11) is 1.94. The number of benzene rings is 1. The lowest BCUT2D eigenvalue weighted by molar-refractivity contribution is 0.227. The molecule has 1 N–H and O–H groups in total. The molecule has 0 aliphatic heterocycles. The quantitative estimate of drug-likeness (QED) is 0.837. The van der Waals surface area contributed by atoms with Crippen molar-refractivity contribution in [1.82, 2.24) is 5.32 Å². The molecule has 1 aromatic rings. The Morgan fingerprint density at radius 2 is 2.06 bits per heavy atom. The van der Waals surface area contributed by atoms with Gasteiger partial charge in [-0.25, -0.2) is 4.39 Å². The molecule has 3 unspecified atom stereocenters. The van der Waals surface area contributed by atoms with Crippen LogP contribution in [0.25, 0.3) is 0 Å². The minimum atomic E-state index is -0.0786. The van der Waals surface area contributed by atoms with E-state index in [-0.39, 0.29) is 11.9 Å². The molecular weight excluding hydrogens is 213 g/mol. The summed E-state index contributed by atoms with van der Waals surface area (Å²) in [4.78, 5) is 0. The van der Waals surface area contributed by atoms with Gasteiger partial charge >= 0.3 is 0 Å². The summed E-state index contributed by atoms with van der Waals surface area (Å²) in [5, 5.41) is 3.31. The highest BCUT2D eigenvalue weighted by atomic mass is 19.1. The van der Waals surface area contributed by atoms with Crippen LogP contribution in [0.1, 0.15) is 44.2 Å². The summed E-state index contributed by atoms with van der Waals surface area (Å²) in [6, 6.07) is 7.32. The van der Waals surface area contributed by atoms with E-state index >= 15 is 0 Å². The van der Waals surface area contributed by atoms with Crippen molar-refractivity contribution in [2.24, 2.45) is 11.8 Å². The van der Waals surface area contributed by atoms with E-state index in [2.05, 4.69) is 12.2 Å². The van der Waals surface area contributed by atoms with Gasteiger partial charge in [0.05, 0.1) is 0 Å². The first kappa shape index (κ1) is 12.6. The maximum absolute atomic E-state index is 13.8. The van der Waals surface area contributed by atoms with Crippen molar-refractivity contribution in [1.29, 1.82) is 0 Å². The lowest BCUT2D eigenvalue weighted by Crippen LogP contribution is -2.29. The highest BCUT2D eigenvalue weighted by molar-refractivity contribution is 5.22. The predicted molar refractivity (Wildman–Crippen MR) is 69.3 cm³/mol. The van der Waals surface area contributed by atoms with Crippen molar-refractivity contribution >= 4 is 0 Å². The third-order valence-electron chi connectivity index (χ3n) is 4.00. The fourth-order valence-electron chi connectivity index (χ4n) is 3.16. The normalized spacial score (nSPS) is 26.8. The largest absolute Gasteiger partial charge is 0.313 e. The summed E-state index contributed by atoms with van der Waals surface area (Å²) in [5.74, 6) is 1.27. The lowest BCUT2D eigenvalue weighted by atomic mass is 9.76. The summed E-state index contributed by atoms with van der Waals surface area (Å²) in [5.41, 5.74) is 0.828. The van der Waals surface area contributed by atoms with Crippen molar-refractivity contribution in [3.8, 4) is 0 Å². The SMILES string of the molecule is CNC(c1ccccc1F)C1CCCC(C)C1. The van der Waals surface area contributed by atoms with E-state index in [0.29, 0.717) is 5.92 Å². The van der Waals surface area contributed by atoms with Crippen LogP contribution in [0.5, 0.6) is 0 Å². The summed E-state index contributed by atoms with van der Waals surface area (Å²) >= 11 is 0. The van der Waals surface area contributed by atoms with Gasteiger partial charge in [-0.2, -0.15) is 0 Å². The molecular formula is C15H22FN. The van der Waals surface area contributed by atoms with Crippen LogP contribution in [0.15, 0.2) is 24.3 Å². The van der Waals surface area contributed by atoms with E-state index in [0.717, 1.165) is 11.5 Å². The molecule has 1 fully saturated rings. The maximum atomic E-state index is 13.8. The van der Waals surface area contributed by atoms with E-state index in [9.17, 15) is 4.39 Å². The Morgan fingerprint density at radius 3 is 2.71 bits per heavy atom. The molecule has 94 valence electrons. The van der Waals surface area contributed by atoms with Gasteiger partial charge in [-0.05, 0) is 37.8 Å². The Kier molecular flexibility index (Phi) is 4.16. The minimum absolute atomic E-state index is 0.0786. The van der Waals surface area contributed by atoms with E-state index in [4.69, 9.17) is 0 Å². The molecule has 0 radical (unpaired) electrons. The van der Waals surface area contributed by atoms with Gasteiger partial charge in [0.2, 0.25) is 0 Å². The Balaban J connectivity index is 2.18. The summed E-state index contributed by atoms with van der Waals surface area (Å²) < 4.78 is 13.8. The van der Waals surface area contributed by atoms with Gasteiger partial charge in [-0.1, -0.05) is 38.0 Å². The molecule has 0 aromatic heterocycles. The molecule has 1 aliphatic rings. The first-order valence-corrected chi connectivity index (χ1v) is 6.64. The van der Waals surface area contributed by atoms with E-state index in [1.807, 2.05) is 19.2 Å². The van der Waals surface area contributed by atoms with Crippen LogP contribution in [0.4, 0.5) is 4.39 Å². The van der Waals surface area contributed by atoms with Crippen LogP contribution in [-0.4, -0.2) is 7.05 Å². The van der Waals surface area contributed by atoms with Crippen molar-refractivity contribution in [3.63, 3.8) is 0 Å². The zero-order valence-corrected chi connectivity index (χ0v) is 10.7. The Morgan fingerprint density at radius 1 is 1.29 bits per heavy atom. The van der Waals surface area contributed by atoms with E-state index < -0.39 is 0 Å². The highest BCUT2D eigenvalue weighted by Gasteiger charge is 2.28. The molecule has 0 amide bonds. The predicted octanol–water partition coefficient (Wildman–Crippen LogP) is 3.91. The third kappa shape index (κ3) is 2.86. The van der Waals surface area contributed by atoms with Crippen LogP contribution in [-0.2, 0) is 0 Å². The molecule has 0 heterocycles. The molecule has 1 nitrogen and oxygen atoms in total. The van der Waals surface area contributed by atoms with Crippen molar-refractivity contribution < 1.29 is 4.39 Å². The van der Waals surface area contributed by atoms with Gasteiger partial charge in [-0.15, -0.1) is 0 Å². The molecule has 0 bridgehead atoms. The molecule has 1 aromatic carbocycles. The molecule has 1 aliphatic carbocycles. The fourth-order valence-corrected chi connectivity index (χ4v) is 3.16. The third-order valence-corrected chi connectivity index (χ3v) is 4.00. The molecule has 17 heavy (non-hydrogen) atoms. The zero-order chi connectivity index (χ0) is 12.3. The zero-order valence-electron chi connectivity index (χ0n) is 10.7. The van der Waals surface area contributed by atoms with Gasteiger partial charge in [0, 0.05) is 11.6 Å². The van der Waals surface area contributed by atoms with Gasteiger partial charge < -0.3 is 5.32 Å². The van der Waals surface area contributed by atoms with Crippen LogP contribution in [0.2, 0.25) is 0 Å². The first-order chi connectivity index (χ1) is 8.22. The second kappa shape index (κ2) is 5.63. The highest BCUT2D eigenvalue weighted by Crippen LogP contribution is 2.37. The number of hydrogen-bond donors (Lipinski definition) is 1. The monoisotopic (exact) mass is 235 g/mol. The Labute approximate surface area is 103 Å². The molecule has 3 atom stereocenters. The van der Waals surface area contributed by atoms with E-state index in [1.165, 1.54) is 25.7 Å². The van der Waals surface area contributed by atoms with Gasteiger partial charge in [0.25, 0.3) is 0 Å².